The molecule has 0 aliphatic rings. The number of H-pyrrole nitrogens is 1. The average molecular weight is 377 g/mol. The van der Waals surface area contributed by atoms with Crippen LogP contribution in [0.25, 0.3) is 5.69 Å². The molecule has 140 valence electrons. The van der Waals surface area contributed by atoms with Crippen molar-refractivity contribution in [1.82, 2.24) is 20.0 Å². The van der Waals surface area contributed by atoms with Gasteiger partial charge in [-0.1, -0.05) is 6.07 Å². The van der Waals surface area contributed by atoms with E-state index < -0.39 is 23.4 Å². The normalized spacial score (nSPS) is 11.4. The van der Waals surface area contributed by atoms with E-state index in [-0.39, 0.29) is 28.5 Å². The SMILES string of the molecule is Cc1nn(-c2cccc(C(F)(F)F)c2)c(C)c1C(=O)C(=O)Nc1ccn[nH]1. The second kappa shape index (κ2) is 6.71. The summed E-state index contributed by atoms with van der Waals surface area (Å²) in [6.45, 7) is 3.02. The fraction of sp³-hybridized carbons (Fsp3) is 0.176. The zero-order chi connectivity index (χ0) is 19.8. The number of nitrogens with zero attached hydrogens (tertiary/aromatic N) is 3. The lowest BCUT2D eigenvalue weighted by molar-refractivity contribution is -0.137. The van der Waals surface area contributed by atoms with Crippen LogP contribution in [0.5, 0.6) is 0 Å². The summed E-state index contributed by atoms with van der Waals surface area (Å²) < 4.78 is 40.0. The first-order valence-corrected chi connectivity index (χ1v) is 7.77. The Labute approximate surface area is 151 Å². The number of aromatic nitrogens is 4. The number of nitrogens with one attached hydrogen (secondary N) is 2. The lowest BCUT2D eigenvalue weighted by atomic mass is 10.1. The average Bonchev–Trinajstić information content (AvgIpc) is 3.21. The van der Waals surface area contributed by atoms with Crippen LogP contribution < -0.4 is 5.32 Å². The van der Waals surface area contributed by atoms with E-state index in [2.05, 4.69) is 20.6 Å². The van der Waals surface area contributed by atoms with Crippen LogP contribution >= 0.6 is 0 Å². The number of hydrogen-bond acceptors (Lipinski definition) is 4. The summed E-state index contributed by atoms with van der Waals surface area (Å²) in [7, 11) is 0. The van der Waals surface area contributed by atoms with Crippen molar-refractivity contribution in [1.29, 1.82) is 0 Å². The van der Waals surface area contributed by atoms with Crippen molar-refractivity contribution in [3.8, 4) is 5.69 Å². The van der Waals surface area contributed by atoms with Gasteiger partial charge in [-0.05, 0) is 32.0 Å². The molecule has 0 atom stereocenters. The van der Waals surface area contributed by atoms with E-state index in [9.17, 15) is 22.8 Å². The lowest BCUT2D eigenvalue weighted by Crippen LogP contribution is -2.24. The van der Waals surface area contributed by atoms with Gasteiger partial charge in [0, 0.05) is 6.07 Å². The maximum Gasteiger partial charge on any atom is 0.416 e. The number of rotatable bonds is 4. The number of carbonyl (C=O) groups excluding carboxylic acids is 2. The quantitative estimate of drug-likeness (QED) is 0.540. The Kier molecular flexibility index (Phi) is 4.56. The first-order valence-electron chi connectivity index (χ1n) is 7.77. The minimum absolute atomic E-state index is 0.0319. The molecule has 0 fully saturated rings. The summed E-state index contributed by atoms with van der Waals surface area (Å²) in [5, 5.41) is 12.6. The van der Waals surface area contributed by atoms with Crippen molar-refractivity contribution in [2.45, 2.75) is 20.0 Å². The molecule has 0 aliphatic heterocycles. The molecule has 27 heavy (non-hydrogen) atoms. The Hall–Kier alpha value is -3.43. The minimum Gasteiger partial charge on any atom is -0.304 e. The molecule has 1 amide bonds. The van der Waals surface area contributed by atoms with Gasteiger partial charge in [0.15, 0.2) is 0 Å². The molecule has 0 saturated heterocycles. The summed E-state index contributed by atoms with van der Waals surface area (Å²) in [5.74, 6) is -1.51. The van der Waals surface area contributed by atoms with Crippen LogP contribution in [0.2, 0.25) is 0 Å². The molecular formula is C17H14F3N5O2. The fourth-order valence-corrected chi connectivity index (χ4v) is 2.65. The predicted octanol–water partition coefficient (Wildman–Crippen LogP) is 3.05. The van der Waals surface area contributed by atoms with Gasteiger partial charge in [0.1, 0.15) is 5.82 Å². The number of carbonyl (C=O) groups is 2. The molecule has 3 rings (SSSR count). The van der Waals surface area contributed by atoms with E-state index in [0.717, 1.165) is 12.1 Å². The molecule has 3 aromatic rings. The highest BCUT2D eigenvalue weighted by molar-refractivity contribution is 6.47. The molecule has 1 aromatic carbocycles. The highest BCUT2D eigenvalue weighted by Gasteiger charge is 2.31. The third-order valence-corrected chi connectivity index (χ3v) is 3.89. The van der Waals surface area contributed by atoms with Gasteiger partial charge in [-0.3, -0.25) is 14.7 Å². The number of aryl methyl sites for hydroxylation is 1. The molecule has 2 heterocycles. The minimum atomic E-state index is -4.51. The standard InChI is InChI=1S/C17H14F3N5O2/c1-9-14(15(26)16(27)22-13-6-7-21-23-13)10(2)25(24-9)12-5-3-4-11(8-12)17(18,19)20/h3-8H,1-2H3,(H2,21,22,23,27). The topological polar surface area (TPSA) is 92.7 Å². The van der Waals surface area contributed by atoms with Gasteiger partial charge >= 0.3 is 6.18 Å². The number of aromatic amines is 1. The van der Waals surface area contributed by atoms with Crippen LogP contribution in [0.3, 0.4) is 0 Å². The molecule has 2 aromatic heterocycles. The van der Waals surface area contributed by atoms with E-state index in [0.29, 0.717) is 0 Å². The van der Waals surface area contributed by atoms with Crippen LogP contribution in [0, 0.1) is 13.8 Å². The zero-order valence-corrected chi connectivity index (χ0v) is 14.3. The number of anilines is 1. The highest BCUT2D eigenvalue weighted by Crippen LogP contribution is 2.31. The van der Waals surface area contributed by atoms with E-state index >= 15 is 0 Å². The Morgan fingerprint density at radius 2 is 1.93 bits per heavy atom. The van der Waals surface area contributed by atoms with Crippen molar-refractivity contribution < 1.29 is 22.8 Å². The van der Waals surface area contributed by atoms with E-state index in [1.54, 1.807) is 0 Å². The van der Waals surface area contributed by atoms with Crippen molar-refractivity contribution in [2.75, 3.05) is 5.32 Å². The third-order valence-electron chi connectivity index (χ3n) is 3.89. The van der Waals surface area contributed by atoms with Crippen LogP contribution in [-0.2, 0) is 11.0 Å². The van der Waals surface area contributed by atoms with Gasteiger partial charge < -0.3 is 5.32 Å². The van der Waals surface area contributed by atoms with Crippen LogP contribution in [0.15, 0.2) is 36.5 Å². The van der Waals surface area contributed by atoms with Gasteiger partial charge in [0.05, 0.1) is 34.4 Å². The zero-order valence-electron chi connectivity index (χ0n) is 14.3. The van der Waals surface area contributed by atoms with E-state index in [1.807, 2.05) is 0 Å². The van der Waals surface area contributed by atoms with Gasteiger partial charge in [-0.15, -0.1) is 0 Å². The number of ketones is 1. The van der Waals surface area contributed by atoms with Crippen LogP contribution in [0.4, 0.5) is 19.0 Å². The third kappa shape index (κ3) is 3.59. The highest BCUT2D eigenvalue weighted by atomic mass is 19.4. The summed E-state index contributed by atoms with van der Waals surface area (Å²) in [6.07, 6.45) is -3.10. The monoisotopic (exact) mass is 377 g/mol. The Morgan fingerprint density at radius 3 is 2.56 bits per heavy atom. The van der Waals surface area contributed by atoms with Gasteiger partial charge in [0.25, 0.3) is 11.7 Å². The number of alkyl halides is 3. The van der Waals surface area contributed by atoms with Gasteiger partial charge in [-0.25, -0.2) is 4.68 Å². The smallest absolute Gasteiger partial charge is 0.304 e. The second-order valence-electron chi connectivity index (χ2n) is 5.76. The second-order valence-corrected chi connectivity index (χ2v) is 5.76. The molecule has 0 unspecified atom stereocenters. The summed E-state index contributed by atoms with van der Waals surface area (Å²) in [4.78, 5) is 24.7. The first kappa shape index (κ1) is 18.4. The van der Waals surface area contributed by atoms with Gasteiger partial charge in [-0.2, -0.15) is 23.4 Å². The summed E-state index contributed by atoms with van der Waals surface area (Å²) >= 11 is 0. The number of benzene rings is 1. The van der Waals surface area contributed by atoms with Crippen LogP contribution in [0.1, 0.15) is 27.3 Å². The first-order chi connectivity index (χ1) is 12.7. The predicted molar refractivity (Wildman–Crippen MR) is 89.6 cm³/mol. The lowest BCUT2D eigenvalue weighted by Gasteiger charge is -2.10. The molecular weight excluding hydrogens is 363 g/mol. The largest absolute Gasteiger partial charge is 0.416 e. The number of hydrogen-bond donors (Lipinski definition) is 2. The Morgan fingerprint density at radius 1 is 1.19 bits per heavy atom. The molecule has 7 nitrogen and oxygen atoms in total. The van der Waals surface area contributed by atoms with Crippen molar-refractivity contribution >= 4 is 17.5 Å². The van der Waals surface area contributed by atoms with E-state index in [1.165, 1.54) is 42.9 Å². The number of halogens is 3. The van der Waals surface area contributed by atoms with Crippen molar-refractivity contribution in [2.24, 2.45) is 0 Å². The molecule has 0 spiro atoms. The maximum atomic E-state index is 12.9. The molecule has 0 aliphatic carbocycles. The molecule has 0 bridgehead atoms. The van der Waals surface area contributed by atoms with Crippen LogP contribution in [-0.4, -0.2) is 31.7 Å². The molecule has 2 N–H and O–H groups in total. The summed E-state index contributed by atoms with van der Waals surface area (Å²) in [6, 6.07) is 6.03. The number of Topliss-reactive ketones (excluding diaryl/α,β-unsaturated/α-hetero) is 1. The summed E-state index contributed by atoms with van der Waals surface area (Å²) in [5.41, 5.74) is -0.174. The molecule has 0 saturated carbocycles. The molecule has 10 heteroatoms. The Bertz CT molecular complexity index is 1010. The van der Waals surface area contributed by atoms with E-state index in [4.69, 9.17) is 0 Å². The number of amides is 1. The van der Waals surface area contributed by atoms with Crippen molar-refractivity contribution in [3.63, 3.8) is 0 Å². The maximum absolute atomic E-state index is 12.9. The van der Waals surface area contributed by atoms with Gasteiger partial charge in [0.2, 0.25) is 0 Å². The fourth-order valence-electron chi connectivity index (χ4n) is 2.65. The van der Waals surface area contributed by atoms with Crippen molar-refractivity contribution in [3.05, 3.63) is 59.0 Å². The Balaban J connectivity index is 1.95. The molecule has 0 radical (unpaired) electrons.